The summed E-state index contributed by atoms with van der Waals surface area (Å²) in [4.78, 5) is 11.2. The number of carbonyl (C=O) groups is 1. The zero-order valence-corrected chi connectivity index (χ0v) is 9.59. The van der Waals surface area contributed by atoms with E-state index in [1.54, 1.807) is 7.11 Å². The van der Waals surface area contributed by atoms with E-state index in [1.165, 1.54) is 7.11 Å². The minimum atomic E-state index is -0.253. The zero-order chi connectivity index (χ0) is 11.4. The molecule has 0 spiro atoms. The predicted molar refractivity (Wildman–Crippen MR) is 58.2 cm³/mol. The van der Waals surface area contributed by atoms with Crippen LogP contribution in [0.3, 0.4) is 0 Å². The lowest BCUT2D eigenvalue weighted by Crippen LogP contribution is -2.06. The van der Waals surface area contributed by atoms with Gasteiger partial charge in [0.2, 0.25) is 0 Å². The van der Waals surface area contributed by atoms with Gasteiger partial charge >= 0.3 is 5.97 Å². The van der Waals surface area contributed by atoms with Crippen LogP contribution < -0.4 is 4.74 Å². The molecule has 0 amide bonds. The molecule has 0 aliphatic carbocycles. The van der Waals surface area contributed by atoms with Crippen molar-refractivity contribution in [1.29, 1.82) is 0 Å². The van der Waals surface area contributed by atoms with Crippen LogP contribution in [0.5, 0.6) is 5.75 Å². The van der Waals surface area contributed by atoms with Crippen LogP contribution in [-0.4, -0.2) is 20.2 Å². The van der Waals surface area contributed by atoms with Crippen molar-refractivity contribution in [1.82, 2.24) is 0 Å². The van der Waals surface area contributed by atoms with Gasteiger partial charge in [-0.15, -0.1) is 0 Å². The standard InChI is InChI=1S/C12H16O3/c1-8-5-10(7-12(13)15-4)11(14-3)6-9(8)2/h5-6H,7H2,1-4H3. The molecule has 0 bridgehead atoms. The summed E-state index contributed by atoms with van der Waals surface area (Å²) in [5.74, 6) is 0.486. The summed E-state index contributed by atoms with van der Waals surface area (Å²) in [6, 6.07) is 3.90. The Hall–Kier alpha value is -1.51. The van der Waals surface area contributed by atoms with Gasteiger partial charge in [0.25, 0.3) is 0 Å². The highest BCUT2D eigenvalue weighted by Gasteiger charge is 2.10. The first kappa shape index (κ1) is 11.6. The molecular weight excluding hydrogens is 192 g/mol. The number of ether oxygens (including phenoxy) is 2. The van der Waals surface area contributed by atoms with Crippen LogP contribution in [0.4, 0.5) is 0 Å². The van der Waals surface area contributed by atoms with E-state index in [2.05, 4.69) is 4.74 Å². The molecule has 0 saturated heterocycles. The van der Waals surface area contributed by atoms with Crippen molar-refractivity contribution in [3.63, 3.8) is 0 Å². The monoisotopic (exact) mass is 208 g/mol. The molecule has 82 valence electrons. The highest BCUT2D eigenvalue weighted by molar-refractivity contribution is 5.73. The Labute approximate surface area is 90.0 Å². The second kappa shape index (κ2) is 4.82. The van der Waals surface area contributed by atoms with E-state index in [-0.39, 0.29) is 12.4 Å². The summed E-state index contributed by atoms with van der Waals surface area (Å²) in [6.07, 6.45) is 0.251. The van der Waals surface area contributed by atoms with Crippen LogP contribution in [0, 0.1) is 13.8 Å². The van der Waals surface area contributed by atoms with Crippen LogP contribution in [0.25, 0.3) is 0 Å². The molecule has 3 heteroatoms. The number of methoxy groups -OCH3 is 2. The molecule has 0 atom stereocenters. The molecule has 0 N–H and O–H groups in total. The average molecular weight is 208 g/mol. The number of hydrogen-bond donors (Lipinski definition) is 0. The molecule has 0 aliphatic heterocycles. The SMILES string of the molecule is COC(=O)Cc1cc(C)c(C)cc1OC. The lowest BCUT2D eigenvalue weighted by Gasteiger charge is -2.10. The summed E-state index contributed by atoms with van der Waals surface area (Å²) >= 11 is 0. The predicted octanol–water partition coefficient (Wildman–Crippen LogP) is 2.03. The average Bonchev–Trinajstić information content (AvgIpc) is 2.22. The third-order valence-corrected chi connectivity index (χ3v) is 2.46. The molecular formula is C12H16O3. The van der Waals surface area contributed by atoms with Gasteiger partial charge in [0.15, 0.2) is 0 Å². The maximum atomic E-state index is 11.2. The maximum absolute atomic E-state index is 11.2. The largest absolute Gasteiger partial charge is 0.496 e. The minimum Gasteiger partial charge on any atom is -0.496 e. The fourth-order valence-electron chi connectivity index (χ4n) is 1.41. The van der Waals surface area contributed by atoms with Crippen molar-refractivity contribution in [3.05, 3.63) is 28.8 Å². The Morgan fingerprint density at radius 1 is 1.20 bits per heavy atom. The Morgan fingerprint density at radius 2 is 1.80 bits per heavy atom. The van der Waals surface area contributed by atoms with Crippen LogP contribution in [0.2, 0.25) is 0 Å². The molecule has 3 nitrogen and oxygen atoms in total. The van der Waals surface area contributed by atoms with Crippen molar-refractivity contribution in [2.45, 2.75) is 20.3 Å². The minimum absolute atomic E-state index is 0.251. The van der Waals surface area contributed by atoms with Crippen LogP contribution in [0.15, 0.2) is 12.1 Å². The van der Waals surface area contributed by atoms with Gasteiger partial charge in [-0.1, -0.05) is 6.07 Å². The lowest BCUT2D eigenvalue weighted by atomic mass is 10.0. The Balaban J connectivity index is 3.05. The van der Waals surface area contributed by atoms with E-state index >= 15 is 0 Å². The van der Waals surface area contributed by atoms with E-state index < -0.39 is 0 Å². The van der Waals surface area contributed by atoms with Gasteiger partial charge in [-0.25, -0.2) is 0 Å². The Bertz CT molecular complexity index is 369. The van der Waals surface area contributed by atoms with Gasteiger partial charge in [-0.2, -0.15) is 0 Å². The Morgan fingerprint density at radius 3 is 2.33 bits per heavy atom. The molecule has 0 radical (unpaired) electrons. The third-order valence-electron chi connectivity index (χ3n) is 2.46. The van der Waals surface area contributed by atoms with Crippen LogP contribution in [-0.2, 0) is 16.0 Å². The molecule has 15 heavy (non-hydrogen) atoms. The summed E-state index contributed by atoms with van der Waals surface area (Å²) in [7, 11) is 2.99. The van der Waals surface area contributed by atoms with Gasteiger partial charge in [-0.3, -0.25) is 4.79 Å². The van der Waals surface area contributed by atoms with Gasteiger partial charge < -0.3 is 9.47 Å². The van der Waals surface area contributed by atoms with Crippen molar-refractivity contribution >= 4 is 5.97 Å². The second-order valence-electron chi connectivity index (χ2n) is 3.50. The Kier molecular flexibility index (Phi) is 3.72. The highest BCUT2D eigenvalue weighted by atomic mass is 16.5. The summed E-state index contributed by atoms with van der Waals surface area (Å²) in [5.41, 5.74) is 3.17. The van der Waals surface area contributed by atoms with Gasteiger partial charge in [-0.05, 0) is 31.0 Å². The molecule has 0 heterocycles. The van der Waals surface area contributed by atoms with E-state index in [0.717, 1.165) is 22.4 Å². The quantitative estimate of drug-likeness (QED) is 0.713. The smallest absolute Gasteiger partial charge is 0.310 e. The molecule has 1 aromatic carbocycles. The van der Waals surface area contributed by atoms with Crippen molar-refractivity contribution in [2.75, 3.05) is 14.2 Å². The van der Waals surface area contributed by atoms with Crippen molar-refractivity contribution in [2.24, 2.45) is 0 Å². The number of rotatable bonds is 3. The maximum Gasteiger partial charge on any atom is 0.310 e. The highest BCUT2D eigenvalue weighted by Crippen LogP contribution is 2.23. The fraction of sp³-hybridized carbons (Fsp3) is 0.417. The zero-order valence-electron chi connectivity index (χ0n) is 9.59. The summed E-state index contributed by atoms with van der Waals surface area (Å²) in [6.45, 7) is 4.02. The number of carbonyl (C=O) groups excluding carboxylic acids is 1. The van der Waals surface area contributed by atoms with Gasteiger partial charge in [0.05, 0.1) is 20.6 Å². The first-order chi connectivity index (χ1) is 7.08. The van der Waals surface area contributed by atoms with E-state index in [0.29, 0.717) is 0 Å². The first-order valence-electron chi connectivity index (χ1n) is 4.79. The molecule has 1 rings (SSSR count). The van der Waals surface area contributed by atoms with Crippen LogP contribution in [0.1, 0.15) is 16.7 Å². The molecule has 0 fully saturated rings. The molecule has 0 aromatic heterocycles. The lowest BCUT2D eigenvalue weighted by molar-refractivity contribution is -0.139. The molecule has 0 aliphatic rings. The summed E-state index contributed by atoms with van der Waals surface area (Å²) < 4.78 is 9.85. The molecule has 0 saturated carbocycles. The molecule has 1 aromatic rings. The fourth-order valence-corrected chi connectivity index (χ4v) is 1.41. The normalized spacial score (nSPS) is 9.87. The van der Waals surface area contributed by atoms with E-state index in [9.17, 15) is 4.79 Å². The topological polar surface area (TPSA) is 35.5 Å². The third kappa shape index (κ3) is 2.72. The molecule has 0 unspecified atom stereocenters. The number of benzene rings is 1. The summed E-state index contributed by atoms with van der Waals surface area (Å²) in [5, 5.41) is 0. The van der Waals surface area contributed by atoms with E-state index in [4.69, 9.17) is 4.74 Å². The number of hydrogen-bond acceptors (Lipinski definition) is 3. The van der Waals surface area contributed by atoms with Gasteiger partial charge in [0.1, 0.15) is 5.75 Å². The second-order valence-corrected chi connectivity index (χ2v) is 3.50. The van der Waals surface area contributed by atoms with E-state index in [1.807, 2.05) is 26.0 Å². The first-order valence-corrected chi connectivity index (χ1v) is 4.79. The van der Waals surface area contributed by atoms with Crippen molar-refractivity contribution in [3.8, 4) is 5.75 Å². The van der Waals surface area contributed by atoms with Crippen LogP contribution >= 0.6 is 0 Å². The van der Waals surface area contributed by atoms with Gasteiger partial charge in [0, 0.05) is 5.56 Å². The number of esters is 1. The number of aryl methyl sites for hydroxylation is 2. The van der Waals surface area contributed by atoms with Crippen molar-refractivity contribution < 1.29 is 14.3 Å².